The molecule has 2 saturated carbocycles. The number of hydrogen-bond acceptors (Lipinski definition) is 8. The lowest BCUT2D eigenvalue weighted by Crippen LogP contribution is -2.52. The third-order valence-electron chi connectivity index (χ3n) is 5.53. The Labute approximate surface area is 131 Å². The minimum Gasteiger partial charge on any atom is -0.396 e. The van der Waals surface area contributed by atoms with Crippen molar-refractivity contribution in [2.45, 2.75) is 24.2 Å². The van der Waals surface area contributed by atoms with Gasteiger partial charge in [-0.1, -0.05) is 0 Å². The molecule has 9 nitrogen and oxygen atoms in total. The van der Waals surface area contributed by atoms with E-state index < -0.39 is 29.8 Å². The van der Waals surface area contributed by atoms with Crippen molar-refractivity contribution in [3.63, 3.8) is 0 Å². The van der Waals surface area contributed by atoms with Gasteiger partial charge in [0.05, 0.1) is 31.7 Å². The summed E-state index contributed by atoms with van der Waals surface area (Å²) in [6, 6.07) is -0.612. The van der Waals surface area contributed by atoms with Gasteiger partial charge in [0.1, 0.15) is 17.4 Å². The number of anilines is 1. The minimum atomic E-state index is -1.75. The zero-order valence-corrected chi connectivity index (χ0v) is 12.6. The Hall–Kier alpha value is -1.81. The van der Waals surface area contributed by atoms with Crippen molar-refractivity contribution >= 4 is 17.0 Å². The van der Waals surface area contributed by atoms with Gasteiger partial charge in [0, 0.05) is 12.5 Å². The average Bonchev–Trinajstić information content (AvgIpc) is 3.10. The molecule has 5 atom stereocenters. The van der Waals surface area contributed by atoms with E-state index in [1.54, 1.807) is 11.6 Å². The average molecular weight is 321 g/mol. The molecule has 0 aromatic carbocycles. The fourth-order valence-corrected chi connectivity index (χ4v) is 4.22. The number of hydrogen-bond donors (Lipinski definition) is 5. The Balaban J connectivity index is 1.87. The second-order valence-corrected chi connectivity index (χ2v) is 6.49. The molecule has 0 aliphatic heterocycles. The molecule has 0 saturated heterocycles. The standard InChI is InChI=1S/C14H19N5O4/c1-15-10-8-11(17-5-16-10)19(6-18-8)9-7-2-13(7,3-20)12(22)14(9,23)4-21/h5-7,9,12,20-23H,2-4H2,1H3,(H,15,16,17)/t7-,9+,12+,13-,14-/m0/s1. The van der Waals surface area contributed by atoms with Crippen molar-refractivity contribution in [3.05, 3.63) is 12.7 Å². The minimum absolute atomic E-state index is 0.148. The summed E-state index contributed by atoms with van der Waals surface area (Å²) in [5, 5.41) is 43.7. The van der Waals surface area contributed by atoms with Crippen LogP contribution in [0.5, 0.6) is 0 Å². The predicted molar refractivity (Wildman–Crippen MR) is 79.6 cm³/mol. The first-order valence-electron chi connectivity index (χ1n) is 7.51. The molecule has 2 aliphatic rings. The van der Waals surface area contributed by atoms with Gasteiger partial charge in [-0.3, -0.25) is 0 Å². The zero-order valence-electron chi connectivity index (χ0n) is 12.6. The SMILES string of the molecule is CNc1ncnc2c1ncn2[C@@H]1[C@@H]2C[C@@]2(CO)[C@@H](O)[C@]1(O)CO. The highest BCUT2D eigenvalue weighted by Crippen LogP contribution is 2.70. The van der Waals surface area contributed by atoms with Crippen molar-refractivity contribution < 1.29 is 20.4 Å². The Morgan fingerprint density at radius 2 is 2.09 bits per heavy atom. The van der Waals surface area contributed by atoms with E-state index in [2.05, 4.69) is 20.3 Å². The Kier molecular flexibility index (Phi) is 2.95. The molecule has 0 unspecified atom stereocenters. The first-order chi connectivity index (χ1) is 11.0. The van der Waals surface area contributed by atoms with Crippen molar-refractivity contribution in [2.24, 2.45) is 11.3 Å². The van der Waals surface area contributed by atoms with E-state index in [0.717, 1.165) is 0 Å². The number of aliphatic hydroxyl groups is 4. The summed E-state index contributed by atoms with van der Waals surface area (Å²) >= 11 is 0. The molecule has 0 bridgehead atoms. The molecule has 5 N–H and O–H groups in total. The summed E-state index contributed by atoms with van der Waals surface area (Å²) in [6.07, 6.45) is 2.30. The van der Waals surface area contributed by atoms with E-state index in [1.807, 2.05) is 0 Å². The fraction of sp³-hybridized carbons (Fsp3) is 0.643. The summed E-state index contributed by atoms with van der Waals surface area (Å²) in [6.45, 7) is -0.845. The van der Waals surface area contributed by atoms with Crippen LogP contribution in [0.3, 0.4) is 0 Å². The van der Waals surface area contributed by atoms with Crippen LogP contribution in [0.15, 0.2) is 12.7 Å². The lowest BCUT2D eigenvalue weighted by atomic mass is 9.88. The second kappa shape index (κ2) is 4.60. The summed E-state index contributed by atoms with van der Waals surface area (Å²) in [5.41, 5.74) is -1.46. The van der Waals surface area contributed by atoms with Gasteiger partial charge >= 0.3 is 0 Å². The lowest BCUT2D eigenvalue weighted by Gasteiger charge is -2.35. The molecule has 4 rings (SSSR count). The fourth-order valence-electron chi connectivity index (χ4n) is 4.22. The topological polar surface area (TPSA) is 137 Å². The Morgan fingerprint density at radius 3 is 2.74 bits per heavy atom. The maximum Gasteiger partial charge on any atom is 0.165 e. The van der Waals surface area contributed by atoms with Crippen LogP contribution >= 0.6 is 0 Å². The third-order valence-corrected chi connectivity index (χ3v) is 5.53. The van der Waals surface area contributed by atoms with Crippen molar-refractivity contribution in [3.8, 4) is 0 Å². The van der Waals surface area contributed by atoms with Crippen LogP contribution in [0.1, 0.15) is 12.5 Å². The molecular weight excluding hydrogens is 302 g/mol. The zero-order chi connectivity index (χ0) is 16.4. The van der Waals surface area contributed by atoms with Crippen LogP contribution < -0.4 is 5.32 Å². The lowest BCUT2D eigenvalue weighted by molar-refractivity contribution is -0.136. The van der Waals surface area contributed by atoms with Crippen molar-refractivity contribution in [1.29, 1.82) is 0 Å². The van der Waals surface area contributed by atoms with E-state index in [1.165, 1.54) is 12.7 Å². The van der Waals surface area contributed by atoms with Gasteiger partial charge in [0.2, 0.25) is 0 Å². The van der Waals surface area contributed by atoms with Crippen LogP contribution in [0.4, 0.5) is 5.82 Å². The number of aromatic nitrogens is 4. The van der Waals surface area contributed by atoms with Gasteiger partial charge < -0.3 is 30.3 Å². The summed E-state index contributed by atoms with van der Waals surface area (Å²) in [4.78, 5) is 12.6. The van der Waals surface area contributed by atoms with Gasteiger partial charge in [-0.05, 0) is 12.3 Å². The highest BCUT2D eigenvalue weighted by Gasteiger charge is 2.76. The van der Waals surface area contributed by atoms with E-state index in [9.17, 15) is 20.4 Å². The molecule has 0 amide bonds. The first kappa shape index (κ1) is 14.8. The van der Waals surface area contributed by atoms with E-state index in [4.69, 9.17) is 0 Å². The van der Waals surface area contributed by atoms with Crippen LogP contribution in [-0.2, 0) is 0 Å². The van der Waals surface area contributed by atoms with Gasteiger partial charge in [-0.2, -0.15) is 0 Å². The molecule has 0 radical (unpaired) electrons. The Morgan fingerprint density at radius 1 is 1.30 bits per heavy atom. The Bertz CT molecular complexity index is 767. The van der Waals surface area contributed by atoms with E-state index in [-0.39, 0.29) is 12.5 Å². The molecule has 2 aliphatic carbocycles. The first-order valence-corrected chi connectivity index (χ1v) is 7.51. The monoisotopic (exact) mass is 321 g/mol. The summed E-state index contributed by atoms with van der Waals surface area (Å²) in [5.74, 6) is 0.411. The smallest absolute Gasteiger partial charge is 0.165 e. The predicted octanol–water partition coefficient (Wildman–Crippen LogP) is -1.49. The summed E-state index contributed by atoms with van der Waals surface area (Å²) < 4.78 is 1.67. The third kappa shape index (κ3) is 1.62. The molecule has 2 aromatic rings. The number of aliphatic hydroxyl groups excluding tert-OH is 3. The number of nitrogens with zero attached hydrogens (tertiary/aromatic N) is 4. The number of nitrogens with one attached hydrogen (secondary N) is 1. The van der Waals surface area contributed by atoms with Gasteiger partial charge in [0.15, 0.2) is 11.5 Å². The number of imidazole rings is 1. The maximum atomic E-state index is 10.9. The molecule has 124 valence electrons. The molecule has 2 aromatic heterocycles. The molecule has 9 heteroatoms. The van der Waals surface area contributed by atoms with E-state index in [0.29, 0.717) is 23.4 Å². The van der Waals surface area contributed by atoms with E-state index >= 15 is 0 Å². The van der Waals surface area contributed by atoms with Crippen molar-refractivity contribution in [2.75, 3.05) is 25.6 Å². The molecule has 23 heavy (non-hydrogen) atoms. The van der Waals surface area contributed by atoms with Crippen LogP contribution in [-0.4, -0.2) is 71.9 Å². The largest absolute Gasteiger partial charge is 0.396 e. The maximum absolute atomic E-state index is 10.9. The molecule has 0 spiro atoms. The van der Waals surface area contributed by atoms with Crippen LogP contribution in [0.25, 0.3) is 11.2 Å². The van der Waals surface area contributed by atoms with Gasteiger partial charge in [-0.15, -0.1) is 0 Å². The normalized spacial score (nSPS) is 38.7. The number of rotatable bonds is 4. The molecular formula is C14H19N5O4. The second-order valence-electron chi connectivity index (χ2n) is 6.49. The highest BCUT2D eigenvalue weighted by molar-refractivity contribution is 5.82. The number of fused-ring (bicyclic) bond motifs is 2. The molecule has 2 heterocycles. The highest BCUT2D eigenvalue weighted by atomic mass is 16.4. The quantitative estimate of drug-likeness (QED) is 0.459. The van der Waals surface area contributed by atoms with Crippen LogP contribution in [0, 0.1) is 11.3 Å². The van der Waals surface area contributed by atoms with Gasteiger partial charge in [0.25, 0.3) is 0 Å². The van der Waals surface area contributed by atoms with Crippen molar-refractivity contribution in [1.82, 2.24) is 19.5 Å². The summed E-state index contributed by atoms with van der Waals surface area (Å²) in [7, 11) is 1.72. The van der Waals surface area contributed by atoms with Gasteiger partial charge in [-0.25, -0.2) is 15.0 Å². The van der Waals surface area contributed by atoms with Crippen LogP contribution in [0.2, 0.25) is 0 Å². The molecule has 2 fully saturated rings.